The van der Waals surface area contributed by atoms with Crippen LogP contribution in [0.5, 0.6) is 0 Å². The van der Waals surface area contributed by atoms with Crippen LogP contribution in [-0.2, 0) is 11.0 Å². The molecule has 2 atom stereocenters. The first-order valence-corrected chi connectivity index (χ1v) is 7.47. The number of benzene rings is 1. The number of nitrogens with zero attached hydrogens (tertiary/aromatic N) is 1. The lowest BCUT2D eigenvalue weighted by Gasteiger charge is -2.19. The van der Waals surface area contributed by atoms with Crippen LogP contribution in [0, 0.1) is 17.8 Å². The Kier molecular flexibility index (Phi) is 3.82. The summed E-state index contributed by atoms with van der Waals surface area (Å²) in [6.07, 6.45) is -2.76. The average Bonchev–Trinajstić information content (AvgIpc) is 3.24. The molecule has 124 valence electrons. The summed E-state index contributed by atoms with van der Waals surface area (Å²) in [6, 6.07) is 4.63. The molecule has 7 heteroatoms. The summed E-state index contributed by atoms with van der Waals surface area (Å²) in [5.74, 6) is -2.31. The molecule has 1 aliphatic carbocycles. The maximum absolute atomic E-state index is 13.1. The molecular weight excluding hydrogens is 311 g/mol. The molecule has 1 saturated carbocycles. The maximum atomic E-state index is 13.1. The van der Waals surface area contributed by atoms with Gasteiger partial charge >= 0.3 is 12.1 Å². The fourth-order valence-electron chi connectivity index (χ4n) is 3.35. The van der Waals surface area contributed by atoms with Crippen LogP contribution >= 0.6 is 0 Å². The number of amides is 1. The second kappa shape index (κ2) is 5.54. The Bertz CT molecular complexity index is 640. The zero-order valence-electron chi connectivity index (χ0n) is 12.2. The summed E-state index contributed by atoms with van der Waals surface area (Å²) in [5, 5.41) is 9.30. The van der Waals surface area contributed by atoms with Crippen LogP contribution < -0.4 is 0 Å². The van der Waals surface area contributed by atoms with Gasteiger partial charge in [-0.3, -0.25) is 9.59 Å². The molecule has 0 radical (unpaired) electrons. The van der Waals surface area contributed by atoms with E-state index in [0.29, 0.717) is 0 Å². The number of hydrogen-bond donors (Lipinski definition) is 1. The second-order valence-corrected chi connectivity index (χ2v) is 6.20. The molecule has 1 heterocycles. The van der Waals surface area contributed by atoms with Crippen molar-refractivity contribution < 1.29 is 27.9 Å². The zero-order chi connectivity index (χ0) is 16.8. The van der Waals surface area contributed by atoms with E-state index in [1.807, 2.05) is 0 Å². The van der Waals surface area contributed by atoms with E-state index in [4.69, 9.17) is 0 Å². The molecule has 1 amide bonds. The lowest BCUT2D eigenvalue weighted by Crippen LogP contribution is -2.31. The molecule has 2 aliphatic rings. The fraction of sp³-hybridized carbons (Fsp3) is 0.500. The van der Waals surface area contributed by atoms with Crippen LogP contribution in [-0.4, -0.2) is 35.0 Å². The first kappa shape index (κ1) is 15.8. The molecule has 4 nitrogen and oxygen atoms in total. The second-order valence-electron chi connectivity index (χ2n) is 6.20. The molecule has 1 aromatic rings. The van der Waals surface area contributed by atoms with Crippen LogP contribution in [0.3, 0.4) is 0 Å². The number of halogens is 3. The standard InChI is InChI=1S/C16H16F3NO3/c17-16(18,19)13-4-2-1-3-10(13)14(21)20-7-11(9-5-6-9)12(8-20)15(22)23/h1-4,9,11-12H,5-8H2,(H,22,23)/t11-,12+/m1/s1. The van der Waals surface area contributed by atoms with Gasteiger partial charge in [0.2, 0.25) is 0 Å². The summed E-state index contributed by atoms with van der Waals surface area (Å²) in [4.78, 5) is 25.1. The minimum Gasteiger partial charge on any atom is -0.481 e. The lowest BCUT2D eigenvalue weighted by atomic mass is 9.92. The Labute approximate surface area is 130 Å². The SMILES string of the molecule is O=C(O)[C@H]1CN(C(=O)c2ccccc2C(F)(F)F)C[C@@H]1C1CC1. The van der Waals surface area contributed by atoms with Crippen LogP contribution in [0.2, 0.25) is 0 Å². The third-order valence-corrected chi connectivity index (χ3v) is 4.66. The quantitative estimate of drug-likeness (QED) is 0.929. The average molecular weight is 327 g/mol. The summed E-state index contributed by atoms with van der Waals surface area (Å²) in [5.41, 5.74) is -1.40. The topological polar surface area (TPSA) is 57.6 Å². The Morgan fingerprint density at radius 1 is 1.13 bits per heavy atom. The third kappa shape index (κ3) is 3.04. The van der Waals surface area contributed by atoms with E-state index in [1.165, 1.54) is 17.0 Å². The van der Waals surface area contributed by atoms with Crippen molar-refractivity contribution in [2.24, 2.45) is 17.8 Å². The van der Waals surface area contributed by atoms with E-state index in [0.717, 1.165) is 25.0 Å². The maximum Gasteiger partial charge on any atom is 0.417 e. The van der Waals surface area contributed by atoms with E-state index < -0.39 is 35.1 Å². The van der Waals surface area contributed by atoms with Gasteiger partial charge in [-0.1, -0.05) is 12.1 Å². The molecule has 0 bridgehead atoms. The van der Waals surface area contributed by atoms with Crippen molar-refractivity contribution in [2.75, 3.05) is 13.1 Å². The van der Waals surface area contributed by atoms with Gasteiger partial charge in [-0.15, -0.1) is 0 Å². The van der Waals surface area contributed by atoms with Crippen LogP contribution in [0.1, 0.15) is 28.8 Å². The number of aliphatic carboxylic acids is 1. The summed E-state index contributed by atoms with van der Waals surface area (Å²) in [6.45, 7) is 0.189. The molecule has 0 aromatic heterocycles. The highest BCUT2D eigenvalue weighted by Gasteiger charge is 2.47. The van der Waals surface area contributed by atoms with E-state index in [2.05, 4.69) is 0 Å². The number of carboxylic acids is 1. The summed E-state index contributed by atoms with van der Waals surface area (Å²) >= 11 is 0. The summed E-state index contributed by atoms with van der Waals surface area (Å²) in [7, 11) is 0. The number of alkyl halides is 3. The van der Waals surface area contributed by atoms with Crippen LogP contribution in [0.4, 0.5) is 13.2 Å². The molecule has 1 saturated heterocycles. The van der Waals surface area contributed by atoms with Crippen LogP contribution in [0.15, 0.2) is 24.3 Å². The van der Waals surface area contributed by atoms with E-state index in [-0.39, 0.29) is 24.9 Å². The Balaban J connectivity index is 1.86. The van der Waals surface area contributed by atoms with Crippen molar-refractivity contribution in [1.82, 2.24) is 4.90 Å². The highest BCUT2D eigenvalue weighted by atomic mass is 19.4. The third-order valence-electron chi connectivity index (χ3n) is 4.66. The molecule has 3 rings (SSSR count). The Hall–Kier alpha value is -2.05. The van der Waals surface area contributed by atoms with Crippen molar-refractivity contribution in [3.05, 3.63) is 35.4 Å². The zero-order valence-corrected chi connectivity index (χ0v) is 12.2. The van der Waals surface area contributed by atoms with E-state index in [1.54, 1.807) is 0 Å². The molecule has 0 spiro atoms. The van der Waals surface area contributed by atoms with E-state index in [9.17, 15) is 27.9 Å². The molecule has 1 aliphatic heterocycles. The number of hydrogen-bond acceptors (Lipinski definition) is 2. The Morgan fingerprint density at radius 3 is 2.35 bits per heavy atom. The lowest BCUT2D eigenvalue weighted by molar-refractivity contribution is -0.142. The van der Waals surface area contributed by atoms with Gasteiger partial charge in [0, 0.05) is 13.1 Å². The predicted molar refractivity (Wildman–Crippen MR) is 74.7 cm³/mol. The number of rotatable bonds is 3. The van der Waals surface area contributed by atoms with Gasteiger partial charge in [0.15, 0.2) is 0 Å². The van der Waals surface area contributed by atoms with Crippen molar-refractivity contribution in [3.8, 4) is 0 Å². The first-order chi connectivity index (χ1) is 10.8. The molecule has 0 unspecified atom stereocenters. The number of carbonyl (C=O) groups excluding carboxylic acids is 1. The minimum absolute atomic E-state index is 0.0263. The first-order valence-electron chi connectivity index (χ1n) is 7.47. The normalized spacial score (nSPS) is 24.7. The smallest absolute Gasteiger partial charge is 0.417 e. The molecule has 23 heavy (non-hydrogen) atoms. The number of likely N-dealkylation sites (tertiary alicyclic amines) is 1. The van der Waals surface area contributed by atoms with Gasteiger partial charge < -0.3 is 10.0 Å². The highest BCUT2D eigenvalue weighted by Crippen LogP contribution is 2.44. The van der Waals surface area contributed by atoms with Gasteiger partial charge in [-0.2, -0.15) is 13.2 Å². The monoisotopic (exact) mass is 327 g/mol. The number of carboxylic acid groups (broad SMARTS) is 1. The fourth-order valence-corrected chi connectivity index (χ4v) is 3.35. The van der Waals surface area contributed by atoms with Crippen molar-refractivity contribution >= 4 is 11.9 Å². The van der Waals surface area contributed by atoms with Gasteiger partial charge in [-0.25, -0.2) is 0 Å². The molecule has 1 N–H and O–H groups in total. The number of carbonyl (C=O) groups is 2. The predicted octanol–water partition coefficient (Wildman–Crippen LogP) is 2.89. The van der Waals surface area contributed by atoms with Crippen LogP contribution in [0.25, 0.3) is 0 Å². The van der Waals surface area contributed by atoms with Crippen molar-refractivity contribution in [1.29, 1.82) is 0 Å². The molecule has 1 aromatic carbocycles. The Morgan fingerprint density at radius 2 is 1.78 bits per heavy atom. The van der Waals surface area contributed by atoms with Gasteiger partial charge in [0.1, 0.15) is 0 Å². The molecule has 2 fully saturated rings. The van der Waals surface area contributed by atoms with Crippen molar-refractivity contribution in [2.45, 2.75) is 19.0 Å². The highest BCUT2D eigenvalue weighted by molar-refractivity contribution is 5.96. The van der Waals surface area contributed by atoms with Crippen molar-refractivity contribution in [3.63, 3.8) is 0 Å². The largest absolute Gasteiger partial charge is 0.481 e. The molecular formula is C16H16F3NO3. The minimum atomic E-state index is -4.62. The van der Waals surface area contributed by atoms with Gasteiger partial charge in [-0.05, 0) is 36.8 Å². The summed E-state index contributed by atoms with van der Waals surface area (Å²) < 4.78 is 39.2. The van der Waals surface area contributed by atoms with Gasteiger partial charge in [0.25, 0.3) is 5.91 Å². The van der Waals surface area contributed by atoms with E-state index >= 15 is 0 Å². The van der Waals surface area contributed by atoms with Gasteiger partial charge in [0.05, 0.1) is 17.0 Å².